The number of benzene rings is 3. The third-order valence-corrected chi connectivity index (χ3v) is 5.88. The summed E-state index contributed by atoms with van der Waals surface area (Å²) in [5, 5.41) is 10.9. The van der Waals surface area contributed by atoms with Crippen LogP contribution in [0.4, 0.5) is 11.9 Å². The van der Waals surface area contributed by atoms with Gasteiger partial charge in [0.25, 0.3) is 5.91 Å². The van der Waals surface area contributed by atoms with E-state index in [1.54, 1.807) is 26.4 Å². The fraction of sp³-hybridized carbons (Fsp3) is 0.250. The lowest BCUT2D eigenvalue weighted by Gasteiger charge is -2.14. The summed E-state index contributed by atoms with van der Waals surface area (Å²) in [4.78, 5) is 18.2. The molecule has 0 amide bonds. The van der Waals surface area contributed by atoms with E-state index in [0.717, 1.165) is 22.6 Å². The van der Waals surface area contributed by atoms with Gasteiger partial charge in [-0.25, -0.2) is 0 Å². The van der Waals surface area contributed by atoms with Crippen LogP contribution in [-0.4, -0.2) is 56.2 Å². The molecule has 204 valence electrons. The average molecular weight is 534 g/mol. The summed E-state index contributed by atoms with van der Waals surface area (Å²) in [6.45, 7) is 0.808. The number of aromatic nitrogens is 3. The van der Waals surface area contributed by atoms with E-state index in [9.17, 15) is 4.79 Å². The first kappa shape index (κ1) is 27.1. The van der Waals surface area contributed by atoms with Crippen LogP contribution < -0.4 is 34.3 Å². The van der Waals surface area contributed by atoms with Gasteiger partial charge in [0.2, 0.25) is 17.6 Å². The molecule has 0 aliphatic heterocycles. The molecule has 0 fully saturated rings. The van der Waals surface area contributed by atoms with Gasteiger partial charge in [-0.3, -0.25) is 4.79 Å². The van der Waals surface area contributed by atoms with Gasteiger partial charge in [0.15, 0.2) is 11.5 Å². The number of methoxy groups -OCH3 is 5. The minimum Gasteiger partial charge on any atom is -0.497 e. The van der Waals surface area contributed by atoms with Crippen LogP contribution in [0.1, 0.15) is 21.5 Å². The Balaban J connectivity index is 1.65. The monoisotopic (exact) mass is 533 g/mol. The normalized spacial score (nSPS) is 10.5. The molecule has 0 radical (unpaired) electrons. The zero-order chi connectivity index (χ0) is 27.8. The van der Waals surface area contributed by atoms with Crippen molar-refractivity contribution in [1.82, 2.24) is 14.8 Å². The lowest BCUT2D eigenvalue weighted by atomic mass is 10.1. The van der Waals surface area contributed by atoms with Gasteiger partial charge in [-0.2, -0.15) is 9.67 Å². The molecule has 0 atom stereocenters. The van der Waals surface area contributed by atoms with E-state index in [2.05, 4.69) is 20.7 Å². The molecule has 1 heterocycles. The van der Waals surface area contributed by atoms with Crippen molar-refractivity contribution in [2.24, 2.45) is 0 Å². The van der Waals surface area contributed by atoms with Crippen LogP contribution in [0.5, 0.6) is 28.7 Å². The van der Waals surface area contributed by atoms with E-state index in [-0.39, 0.29) is 17.5 Å². The van der Waals surface area contributed by atoms with E-state index in [1.807, 2.05) is 48.5 Å². The number of rotatable bonds is 12. The summed E-state index contributed by atoms with van der Waals surface area (Å²) in [5.41, 5.74) is 2.18. The number of anilines is 2. The van der Waals surface area contributed by atoms with Gasteiger partial charge >= 0.3 is 0 Å². The molecular formula is C28H31N5O6. The molecule has 39 heavy (non-hydrogen) atoms. The molecule has 11 nitrogen and oxygen atoms in total. The summed E-state index contributed by atoms with van der Waals surface area (Å²) in [5.74, 6) is 2.63. The van der Waals surface area contributed by atoms with Gasteiger partial charge in [-0.1, -0.05) is 24.3 Å². The molecule has 0 bridgehead atoms. The molecule has 0 saturated carbocycles. The lowest BCUT2D eigenvalue weighted by Crippen LogP contribution is -2.18. The molecular weight excluding hydrogens is 502 g/mol. The first-order valence-corrected chi connectivity index (χ1v) is 12.0. The summed E-state index contributed by atoms with van der Waals surface area (Å²) in [6, 6.07) is 18.4. The van der Waals surface area contributed by atoms with Gasteiger partial charge < -0.3 is 34.3 Å². The molecule has 0 aliphatic carbocycles. The van der Waals surface area contributed by atoms with Crippen molar-refractivity contribution in [3.05, 3.63) is 77.4 Å². The highest BCUT2D eigenvalue weighted by atomic mass is 16.5. The zero-order valence-electron chi connectivity index (χ0n) is 22.5. The van der Waals surface area contributed by atoms with E-state index < -0.39 is 5.91 Å². The first-order valence-electron chi connectivity index (χ1n) is 12.0. The van der Waals surface area contributed by atoms with Gasteiger partial charge in [0, 0.05) is 18.7 Å². The summed E-state index contributed by atoms with van der Waals surface area (Å²) in [6.07, 6.45) is 0. The van der Waals surface area contributed by atoms with Crippen molar-refractivity contribution in [1.29, 1.82) is 0 Å². The second-order valence-corrected chi connectivity index (χ2v) is 8.30. The Labute approximate surface area is 226 Å². The SMILES string of the molecule is COc1cccc(CNc2nc(NCc3cccc(OC)c3)n(C(=O)c3cc(OC)c(OC)c(OC)c3)n2)c1. The number of hydrogen-bond acceptors (Lipinski definition) is 10. The van der Waals surface area contributed by atoms with Gasteiger partial charge in [-0.05, 0) is 47.5 Å². The third-order valence-electron chi connectivity index (χ3n) is 5.88. The number of ether oxygens (including phenoxy) is 5. The van der Waals surface area contributed by atoms with E-state index >= 15 is 0 Å². The number of hydrogen-bond donors (Lipinski definition) is 2. The van der Waals surface area contributed by atoms with Crippen LogP contribution in [0.25, 0.3) is 0 Å². The maximum atomic E-state index is 13.7. The number of carbonyl (C=O) groups is 1. The number of nitrogens with zero attached hydrogens (tertiary/aromatic N) is 3. The van der Waals surface area contributed by atoms with E-state index in [0.29, 0.717) is 30.3 Å². The molecule has 0 saturated heterocycles. The van der Waals surface area contributed by atoms with E-state index in [4.69, 9.17) is 23.7 Å². The minimum atomic E-state index is -0.440. The fourth-order valence-corrected chi connectivity index (χ4v) is 3.90. The standard InChI is InChI=1S/C28H31N5O6/c1-35-21-10-6-8-18(12-21)16-29-27-31-28(30-17-19-9-7-11-22(13-19)36-2)33(32-27)26(34)20-14-23(37-3)25(39-5)24(15-20)38-4/h6-15H,16-17H2,1-5H3,(H2,29,30,31,32). The van der Waals surface area contributed by atoms with Crippen LogP contribution in [0.3, 0.4) is 0 Å². The maximum Gasteiger partial charge on any atom is 0.281 e. The van der Waals surface area contributed by atoms with Crippen LogP contribution in [0, 0.1) is 0 Å². The average Bonchev–Trinajstić information content (AvgIpc) is 3.40. The van der Waals surface area contributed by atoms with Crippen LogP contribution in [0.15, 0.2) is 60.7 Å². The molecule has 2 N–H and O–H groups in total. The first-order chi connectivity index (χ1) is 19.0. The molecule has 11 heteroatoms. The highest BCUT2D eigenvalue weighted by molar-refractivity contribution is 5.98. The molecule has 3 aromatic carbocycles. The fourth-order valence-electron chi connectivity index (χ4n) is 3.90. The smallest absolute Gasteiger partial charge is 0.281 e. The highest BCUT2D eigenvalue weighted by Gasteiger charge is 2.22. The van der Waals surface area contributed by atoms with Gasteiger partial charge in [-0.15, -0.1) is 5.10 Å². The Kier molecular flexibility index (Phi) is 8.72. The second-order valence-electron chi connectivity index (χ2n) is 8.30. The number of nitrogens with one attached hydrogen (secondary N) is 2. The molecule has 0 unspecified atom stereocenters. The number of carbonyl (C=O) groups excluding carboxylic acids is 1. The van der Waals surface area contributed by atoms with Crippen LogP contribution in [-0.2, 0) is 13.1 Å². The summed E-state index contributed by atoms with van der Waals surface area (Å²) < 4.78 is 28.0. The zero-order valence-corrected chi connectivity index (χ0v) is 22.5. The predicted octanol–water partition coefficient (Wildman–Crippen LogP) is 4.23. The molecule has 0 spiro atoms. The molecule has 1 aromatic heterocycles. The van der Waals surface area contributed by atoms with Crippen molar-refractivity contribution < 1.29 is 28.5 Å². The van der Waals surface area contributed by atoms with Crippen LogP contribution in [0.2, 0.25) is 0 Å². The lowest BCUT2D eigenvalue weighted by molar-refractivity contribution is 0.0946. The molecule has 4 aromatic rings. The van der Waals surface area contributed by atoms with Gasteiger partial charge in [0.1, 0.15) is 11.5 Å². The van der Waals surface area contributed by atoms with Gasteiger partial charge in [0.05, 0.1) is 35.5 Å². The molecule has 0 aliphatic rings. The van der Waals surface area contributed by atoms with Crippen molar-refractivity contribution in [3.8, 4) is 28.7 Å². The largest absolute Gasteiger partial charge is 0.497 e. The van der Waals surface area contributed by atoms with Crippen molar-refractivity contribution in [3.63, 3.8) is 0 Å². The maximum absolute atomic E-state index is 13.7. The van der Waals surface area contributed by atoms with Crippen LogP contribution >= 0.6 is 0 Å². The summed E-state index contributed by atoms with van der Waals surface area (Å²) >= 11 is 0. The minimum absolute atomic E-state index is 0.254. The van der Waals surface area contributed by atoms with Crippen molar-refractivity contribution >= 4 is 17.8 Å². The Morgan fingerprint density at radius 1 is 0.744 bits per heavy atom. The summed E-state index contributed by atoms with van der Waals surface area (Å²) in [7, 11) is 7.70. The Morgan fingerprint density at radius 2 is 1.31 bits per heavy atom. The van der Waals surface area contributed by atoms with Crippen molar-refractivity contribution in [2.75, 3.05) is 46.2 Å². The molecule has 4 rings (SSSR count). The topological polar surface area (TPSA) is 118 Å². The third kappa shape index (κ3) is 6.32. The highest BCUT2D eigenvalue weighted by Crippen LogP contribution is 2.38. The Hall–Kier alpha value is -4.93. The van der Waals surface area contributed by atoms with E-state index in [1.165, 1.54) is 26.0 Å². The Morgan fingerprint density at radius 3 is 1.82 bits per heavy atom. The predicted molar refractivity (Wildman–Crippen MR) is 146 cm³/mol. The Bertz CT molecular complexity index is 1410. The van der Waals surface area contributed by atoms with Crippen molar-refractivity contribution in [2.45, 2.75) is 13.1 Å². The quantitative estimate of drug-likeness (QED) is 0.274. The second kappa shape index (κ2) is 12.5.